The van der Waals surface area contributed by atoms with Crippen LogP contribution in [0.1, 0.15) is 88.9 Å². The van der Waals surface area contributed by atoms with Crippen molar-refractivity contribution in [2.45, 2.75) is 84.4 Å². The Bertz CT molecular complexity index is 1450. The molecule has 1 aliphatic carbocycles. The van der Waals surface area contributed by atoms with Gasteiger partial charge in [0.1, 0.15) is 5.00 Å². The molecule has 2 aliphatic rings. The predicted molar refractivity (Wildman–Crippen MR) is 156 cm³/mol. The van der Waals surface area contributed by atoms with Crippen molar-refractivity contribution in [3.63, 3.8) is 0 Å². The van der Waals surface area contributed by atoms with Crippen LogP contribution >= 0.6 is 11.3 Å². The number of methoxy groups -OCH3 is 1. The van der Waals surface area contributed by atoms with E-state index in [9.17, 15) is 14.4 Å². The second kappa shape index (κ2) is 12.1. The molecule has 1 amide bonds. The first-order valence-corrected chi connectivity index (χ1v) is 15.0. The number of pyridine rings is 1. The summed E-state index contributed by atoms with van der Waals surface area (Å²) < 4.78 is 11.0. The molecule has 5 rings (SSSR count). The number of thiophene rings is 1. The lowest BCUT2D eigenvalue weighted by molar-refractivity contribution is -0.124. The van der Waals surface area contributed by atoms with Crippen LogP contribution in [0.4, 0.5) is 5.00 Å². The minimum Gasteiger partial charge on any atom is -0.465 e. The molecule has 2 aromatic heterocycles. The van der Waals surface area contributed by atoms with Crippen LogP contribution < -0.4 is 5.32 Å². The quantitative estimate of drug-likeness (QED) is 0.291. The summed E-state index contributed by atoms with van der Waals surface area (Å²) in [5.41, 5.74) is 4.40. The van der Waals surface area contributed by atoms with Crippen LogP contribution in [0.25, 0.3) is 10.9 Å². The monoisotopic (exact) mass is 563 g/mol. The molecule has 3 heterocycles. The minimum absolute atomic E-state index is 0.291. The largest absolute Gasteiger partial charge is 0.465 e. The Hall–Kier alpha value is -3.30. The highest BCUT2D eigenvalue weighted by molar-refractivity contribution is 7.17. The number of fused-ring (bicyclic) bond motifs is 3. The van der Waals surface area contributed by atoms with Crippen molar-refractivity contribution in [1.82, 2.24) is 9.88 Å². The van der Waals surface area contributed by atoms with Crippen molar-refractivity contribution >= 4 is 45.1 Å². The maximum Gasteiger partial charge on any atom is 0.341 e. The van der Waals surface area contributed by atoms with E-state index in [4.69, 9.17) is 14.5 Å². The molecule has 212 valence electrons. The van der Waals surface area contributed by atoms with Gasteiger partial charge in [-0.1, -0.05) is 31.5 Å². The van der Waals surface area contributed by atoms with Gasteiger partial charge in [-0.25, -0.2) is 9.59 Å². The molecule has 8 nitrogen and oxygen atoms in total. The van der Waals surface area contributed by atoms with Gasteiger partial charge in [0, 0.05) is 47.1 Å². The van der Waals surface area contributed by atoms with Gasteiger partial charge in [0.05, 0.1) is 23.8 Å². The van der Waals surface area contributed by atoms with Crippen molar-refractivity contribution in [3.8, 4) is 0 Å². The molecule has 0 saturated heterocycles. The number of amides is 1. The molecule has 0 spiro atoms. The Balaban J connectivity index is 1.44. The van der Waals surface area contributed by atoms with E-state index in [2.05, 4.69) is 24.1 Å². The molecule has 3 aromatic rings. The Morgan fingerprint density at radius 1 is 1.02 bits per heavy atom. The number of para-hydroxylation sites is 1. The lowest BCUT2D eigenvalue weighted by Gasteiger charge is -2.32. The number of anilines is 1. The summed E-state index contributed by atoms with van der Waals surface area (Å²) in [5.74, 6) is -1.43. The predicted octanol–water partition coefficient (Wildman–Crippen LogP) is 5.69. The number of aromatic nitrogens is 1. The zero-order valence-electron chi connectivity index (χ0n) is 23.7. The van der Waals surface area contributed by atoms with E-state index in [-0.39, 0.29) is 0 Å². The topological polar surface area (TPSA) is 97.8 Å². The van der Waals surface area contributed by atoms with Crippen LogP contribution in [-0.4, -0.2) is 53.5 Å². The molecular weight excluding hydrogens is 526 g/mol. The zero-order chi connectivity index (χ0) is 28.4. The summed E-state index contributed by atoms with van der Waals surface area (Å²) in [6.07, 6.45) is 4.83. The normalized spacial score (nSPS) is 16.1. The number of ether oxygens (including phenoxy) is 2. The molecule has 9 heteroatoms. The molecule has 0 bridgehead atoms. The highest BCUT2D eigenvalue weighted by Gasteiger charge is 2.32. The molecule has 40 heavy (non-hydrogen) atoms. The van der Waals surface area contributed by atoms with Crippen LogP contribution in [-0.2, 0) is 40.1 Å². The van der Waals surface area contributed by atoms with Gasteiger partial charge in [-0.15, -0.1) is 11.3 Å². The SMILES string of the molecule is CCC(OC(=O)c1c2c(nc3ccccc13)CCN(C(C)C)C2)C(=O)Nc1sc2c(c1C(=O)OC)CCCCC2. The number of carbonyl (C=O) groups is 3. The van der Waals surface area contributed by atoms with Gasteiger partial charge >= 0.3 is 11.9 Å². The minimum atomic E-state index is -1.02. The zero-order valence-corrected chi connectivity index (χ0v) is 24.5. The van der Waals surface area contributed by atoms with Crippen molar-refractivity contribution < 1.29 is 23.9 Å². The highest BCUT2D eigenvalue weighted by Crippen LogP contribution is 2.38. The average molecular weight is 564 g/mol. The number of esters is 2. The molecular formula is C31H37N3O5S. The third kappa shape index (κ3) is 5.49. The second-order valence-corrected chi connectivity index (χ2v) is 11.9. The molecule has 0 fully saturated rings. The maximum absolute atomic E-state index is 13.8. The van der Waals surface area contributed by atoms with Gasteiger partial charge in [-0.2, -0.15) is 0 Å². The Kier molecular flexibility index (Phi) is 8.51. The van der Waals surface area contributed by atoms with Crippen LogP contribution in [0, 0.1) is 0 Å². The third-order valence-electron chi connectivity index (χ3n) is 7.97. The van der Waals surface area contributed by atoms with E-state index in [1.807, 2.05) is 31.2 Å². The van der Waals surface area contributed by atoms with Gasteiger partial charge in [0.25, 0.3) is 5.91 Å². The number of benzene rings is 1. The van der Waals surface area contributed by atoms with Crippen molar-refractivity contribution in [2.75, 3.05) is 19.0 Å². The smallest absolute Gasteiger partial charge is 0.341 e. The molecule has 1 N–H and O–H groups in total. The molecule has 1 aromatic carbocycles. The van der Waals surface area contributed by atoms with Crippen LogP contribution in [0.2, 0.25) is 0 Å². The lowest BCUT2D eigenvalue weighted by Crippen LogP contribution is -2.38. The molecule has 1 unspecified atom stereocenters. The summed E-state index contributed by atoms with van der Waals surface area (Å²) in [6.45, 7) is 7.56. The Morgan fingerprint density at radius 3 is 2.55 bits per heavy atom. The summed E-state index contributed by atoms with van der Waals surface area (Å²) in [6, 6.07) is 7.90. The number of hydrogen-bond acceptors (Lipinski definition) is 8. The molecule has 0 saturated carbocycles. The fourth-order valence-corrected chi connectivity index (χ4v) is 7.02. The van der Waals surface area contributed by atoms with Gasteiger partial charge in [0.2, 0.25) is 0 Å². The standard InChI is InChI=1S/C31H37N3O5S/c1-5-24(28(35)33-29-27(30(36)38-4)20-12-7-6-8-14-25(20)40-29)39-31(37)26-19-11-9-10-13-22(19)32-23-15-16-34(18(2)3)17-21(23)26/h9-11,13,18,24H,5-8,12,14-17H2,1-4H3,(H,33,35). The lowest BCUT2D eigenvalue weighted by atomic mass is 9.95. The van der Waals surface area contributed by atoms with E-state index in [1.165, 1.54) is 18.4 Å². The summed E-state index contributed by atoms with van der Waals surface area (Å²) >= 11 is 1.43. The third-order valence-corrected chi connectivity index (χ3v) is 9.18. The van der Waals surface area contributed by atoms with Crippen LogP contribution in [0.15, 0.2) is 24.3 Å². The first-order chi connectivity index (χ1) is 19.3. The highest BCUT2D eigenvalue weighted by atomic mass is 32.1. The molecule has 1 atom stereocenters. The number of aryl methyl sites for hydroxylation is 1. The van der Waals surface area contributed by atoms with Gasteiger partial charge in [0.15, 0.2) is 6.10 Å². The molecule has 1 aliphatic heterocycles. The van der Waals surface area contributed by atoms with Crippen LogP contribution in [0.5, 0.6) is 0 Å². The first kappa shape index (κ1) is 28.2. The van der Waals surface area contributed by atoms with Gasteiger partial charge in [-0.05, 0) is 57.6 Å². The summed E-state index contributed by atoms with van der Waals surface area (Å²) in [4.78, 5) is 48.3. The fourth-order valence-electron chi connectivity index (χ4n) is 5.74. The fraction of sp³-hybridized carbons (Fsp3) is 0.484. The first-order valence-electron chi connectivity index (χ1n) is 14.2. The number of nitrogens with zero attached hydrogens (tertiary/aromatic N) is 2. The number of carbonyl (C=O) groups excluding carboxylic acids is 3. The second-order valence-electron chi connectivity index (χ2n) is 10.8. The Morgan fingerprint density at radius 2 is 1.80 bits per heavy atom. The Labute approximate surface area is 239 Å². The van der Waals surface area contributed by atoms with E-state index in [0.717, 1.165) is 77.7 Å². The van der Waals surface area contributed by atoms with Crippen molar-refractivity contribution in [3.05, 3.63) is 57.1 Å². The van der Waals surface area contributed by atoms with Crippen molar-refractivity contribution in [1.29, 1.82) is 0 Å². The van der Waals surface area contributed by atoms with Gasteiger partial charge in [-0.3, -0.25) is 14.7 Å². The van der Waals surface area contributed by atoms with E-state index < -0.39 is 23.9 Å². The molecule has 0 radical (unpaired) electrons. The van der Waals surface area contributed by atoms with E-state index >= 15 is 0 Å². The average Bonchev–Trinajstić information content (AvgIpc) is 3.12. The van der Waals surface area contributed by atoms with E-state index in [1.54, 1.807) is 0 Å². The summed E-state index contributed by atoms with van der Waals surface area (Å²) in [5, 5.41) is 4.11. The number of rotatable bonds is 7. The maximum atomic E-state index is 13.8. The number of nitrogens with one attached hydrogen (secondary N) is 1. The number of hydrogen-bond donors (Lipinski definition) is 1. The van der Waals surface area contributed by atoms with E-state index in [0.29, 0.717) is 35.1 Å². The van der Waals surface area contributed by atoms with Gasteiger partial charge < -0.3 is 14.8 Å². The summed E-state index contributed by atoms with van der Waals surface area (Å²) in [7, 11) is 1.35. The van der Waals surface area contributed by atoms with Crippen molar-refractivity contribution in [2.24, 2.45) is 0 Å². The van der Waals surface area contributed by atoms with Crippen LogP contribution in [0.3, 0.4) is 0 Å².